The lowest BCUT2D eigenvalue weighted by molar-refractivity contribution is 0.468. The number of nitrogens with zero attached hydrogens (tertiary/aromatic N) is 3. The van der Waals surface area contributed by atoms with Crippen LogP contribution in [0.25, 0.3) is 0 Å². The Balaban J connectivity index is 2.10. The quantitative estimate of drug-likeness (QED) is 0.877. The Morgan fingerprint density at radius 1 is 1.35 bits per heavy atom. The van der Waals surface area contributed by atoms with Gasteiger partial charge >= 0.3 is 0 Å². The van der Waals surface area contributed by atoms with E-state index in [-0.39, 0.29) is 6.04 Å². The molecule has 2 unspecified atom stereocenters. The van der Waals surface area contributed by atoms with Gasteiger partial charge in [-0.2, -0.15) is 5.10 Å². The Morgan fingerprint density at radius 2 is 2.15 bits per heavy atom. The van der Waals surface area contributed by atoms with Crippen LogP contribution in [0.4, 0.5) is 0 Å². The Morgan fingerprint density at radius 3 is 2.75 bits per heavy atom. The fraction of sp³-hybridized carbons (Fsp3) is 0.467. The van der Waals surface area contributed by atoms with Crippen molar-refractivity contribution in [1.82, 2.24) is 20.1 Å². The molecule has 0 bridgehead atoms. The summed E-state index contributed by atoms with van der Waals surface area (Å²) in [6, 6.07) is 6.78. The normalized spacial score (nSPS) is 14.2. The molecule has 20 heavy (non-hydrogen) atoms. The van der Waals surface area contributed by atoms with E-state index in [0.717, 1.165) is 28.7 Å². The zero-order valence-corrected chi connectivity index (χ0v) is 13.8. The molecule has 0 radical (unpaired) electrons. The van der Waals surface area contributed by atoms with Crippen molar-refractivity contribution in [2.45, 2.75) is 38.8 Å². The number of hydrogen-bond donors (Lipinski definition) is 1. The maximum Gasteiger partial charge on any atom is 0.0644 e. The van der Waals surface area contributed by atoms with Gasteiger partial charge in [0.25, 0.3) is 0 Å². The summed E-state index contributed by atoms with van der Waals surface area (Å²) >= 11 is 3.41. The SMILES string of the molecule is CCC(C)n1ccc(CC(NC)c2ccc(Br)cn2)n1. The van der Waals surface area contributed by atoms with Crippen LogP contribution in [0, 0.1) is 0 Å². The Kier molecular flexibility index (Phi) is 5.31. The second-order valence-electron chi connectivity index (χ2n) is 4.99. The van der Waals surface area contributed by atoms with Gasteiger partial charge in [0.2, 0.25) is 0 Å². The number of halogens is 1. The number of likely N-dealkylation sites (N-methyl/N-ethyl adjacent to an activating group) is 1. The molecule has 0 aliphatic carbocycles. The van der Waals surface area contributed by atoms with Gasteiger partial charge in [-0.15, -0.1) is 0 Å². The molecular formula is C15H21BrN4. The molecular weight excluding hydrogens is 316 g/mol. The monoisotopic (exact) mass is 336 g/mol. The number of rotatable bonds is 6. The summed E-state index contributed by atoms with van der Waals surface area (Å²) in [7, 11) is 1.96. The van der Waals surface area contributed by atoms with Crippen LogP contribution in [-0.2, 0) is 6.42 Å². The lowest BCUT2D eigenvalue weighted by atomic mass is 10.1. The van der Waals surface area contributed by atoms with E-state index in [9.17, 15) is 0 Å². The summed E-state index contributed by atoms with van der Waals surface area (Å²) in [5, 5.41) is 7.96. The van der Waals surface area contributed by atoms with Gasteiger partial charge in [-0.3, -0.25) is 9.67 Å². The van der Waals surface area contributed by atoms with Crippen molar-refractivity contribution in [2.24, 2.45) is 0 Å². The third kappa shape index (κ3) is 3.67. The van der Waals surface area contributed by atoms with Gasteiger partial charge in [0, 0.05) is 29.3 Å². The number of nitrogens with one attached hydrogen (secondary N) is 1. The van der Waals surface area contributed by atoms with E-state index in [1.165, 1.54) is 0 Å². The van der Waals surface area contributed by atoms with E-state index in [1.54, 1.807) is 0 Å². The lowest BCUT2D eigenvalue weighted by Crippen LogP contribution is -2.20. The molecule has 0 saturated carbocycles. The average Bonchev–Trinajstić information content (AvgIpc) is 2.93. The summed E-state index contributed by atoms with van der Waals surface area (Å²) < 4.78 is 3.04. The zero-order valence-electron chi connectivity index (χ0n) is 12.2. The topological polar surface area (TPSA) is 42.7 Å². The molecule has 4 nitrogen and oxygen atoms in total. The third-order valence-corrected chi connectivity index (χ3v) is 4.04. The van der Waals surface area contributed by atoms with Crippen LogP contribution >= 0.6 is 15.9 Å². The maximum atomic E-state index is 4.65. The Bertz CT molecular complexity index is 535. The van der Waals surface area contributed by atoms with Crippen molar-refractivity contribution in [1.29, 1.82) is 0 Å². The molecule has 0 aliphatic rings. The van der Waals surface area contributed by atoms with Crippen LogP contribution in [0.1, 0.15) is 43.7 Å². The lowest BCUT2D eigenvalue weighted by Gasteiger charge is -2.14. The maximum absolute atomic E-state index is 4.65. The van der Waals surface area contributed by atoms with Gasteiger partial charge in [0.15, 0.2) is 0 Å². The number of pyridine rings is 1. The first kappa shape index (κ1) is 15.2. The predicted molar refractivity (Wildman–Crippen MR) is 84.7 cm³/mol. The number of hydrogen-bond acceptors (Lipinski definition) is 3. The average molecular weight is 337 g/mol. The van der Waals surface area contributed by atoms with Crippen molar-refractivity contribution in [3.05, 3.63) is 46.5 Å². The molecule has 0 amide bonds. The minimum Gasteiger partial charge on any atom is -0.311 e. The van der Waals surface area contributed by atoms with E-state index in [4.69, 9.17) is 0 Å². The van der Waals surface area contributed by atoms with Crippen LogP contribution < -0.4 is 5.32 Å². The van der Waals surface area contributed by atoms with E-state index in [0.29, 0.717) is 6.04 Å². The molecule has 0 spiro atoms. The number of aromatic nitrogens is 3. The van der Waals surface area contributed by atoms with Crippen molar-refractivity contribution in [2.75, 3.05) is 7.05 Å². The van der Waals surface area contributed by atoms with E-state index < -0.39 is 0 Å². The molecule has 2 atom stereocenters. The minimum atomic E-state index is 0.184. The highest BCUT2D eigenvalue weighted by Crippen LogP contribution is 2.18. The Labute approximate surface area is 128 Å². The first-order chi connectivity index (χ1) is 9.63. The fourth-order valence-electron chi connectivity index (χ4n) is 2.08. The fourth-order valence-corrected chi connectivity index (χ4v) is 2.31. The Hall–Kier alpha value is -1.20. The van der Waals surface area contributed by atoms with Crippen molar-refractivity contribution in [3.8, 4) is 0 Å². The first-order valence-corrected chi connectivity index (χ1v) is 7.76. The summed E-state index contributed by atoms with van der Waals surface area (Å²) in [5.74, 6) is 0. The molecule has 108 valence electrons. The first-order valence-electron chi connectivity index (χ1n) is 6.96. The molecule has 5 heteroatoms. The molecule has 2 aromatic rings. The largest absolute Gasteiger partial charge is 0.311 e. The molecule has 0 aliphatic heterocycles. The van der Waals surface area contributed by atoms with E-state index in [2.05, 4.69) is 57.4 Å². The second-order valence-corrected chi connectivity index (χ2v) is 5.91. The zero-order chi connectivity index (χ0) is 14.5. The van der Waals surface area contributed by atoms with Gasteiger partial charge in [-0.05, 0) is 54.5 Å². The molecule has 2 heterocycles. The smallest absolute Gasteiger partial charge is 0.0644 e. The molecule has 2 rings (SSSR count). The summed E-state index contributed by atoms with van der Waals surface area (Å²) in [6.45, 7) is 4.36. The molecule has 1 N–H and O–H groups in total. The molecule has 0 aromatic carbocycles. The summed E-state index contributed by atoms with van der Waals surface area (Å²) in [5.41, 5.74) is 2.13. The van der Waals surface area contributed by atoms with Gasteiger partial charge in [0.05, 0.1) is 17.4 Å². The van der Waals surface area contributed by atoms with E-state index >= 15 is 0 Å². The summed E-state index contributed by atoms with van der Waals surface area (Å²) in [4.78, 5) is 4.46. The van der Waals surface area contributed by atoms with Crippen molar-refractivity contribution >= 4 is 15.9 Å². The standard InChI is InChI=1S/C15H21BrN4/c1-4-11(2)20-8-7-13(19-20)9-15(17-3)14-6-5-12(16)10-18-14/h5-8,10-11,15,17H,4,9H2,1-3H3. The predicted octanol–water partition coefficient (Wildman–Crippen LogP) is 3.51. The minimum absolute atomic E-state index is 0.184. The van der Waals surface area contributed by atoms with Crippen LogP contribution in [0.2, 0.25) is 0 Å². The molecule has 0 saturated heterocycles. The van der Waals surface area contributed by atoms with Gasteiger partial charge in [0.1, 0.15) is 0 Å². The van der Waals surface area contributed by atoms with E-state index in [1.807, 2.05) is 30.1 Å². The van der Waals surface area contributed by atoms with Crippen LogP contribution in [0.5, 0.6) is 0 Å². The highest BCUT2D eigenvalue weighted by molar-refractivity contribution is 9.10. The third-order valence-electron chi connectivity index (χ3n) is 3.58. The van der Waals surface area contributed by atoms with Crippen LogP contribution in [0.15, 0.2) is 35.1 Å². The van der Waals surface area contributed by atoms with Gasteiger partial charge in [-0.25, -0.2) is 0 Å². The second kappa shape index (κ2) is 6.99. The van der Waals surface area contributed by atoms with Crippen molar-refractivity contribution < 1.29 is 0 Å². The molecule has 0 fully saturated rings. The molecule has 2 aromatic heterocycles. The van der Waals surface area contributed by atoms with Gasteiger partial charge in [-0.1, -0.05) is 6.92 Å². The van der Waals surface area contributed by atoms with Gasteiger partial charge < -0.3 is 5.32 Å². The van der Waals surface area contributed by atoms with Crippen LogP contribution in [0.3, 0.4) is 0 Å². The summed E-state index contributed by atoms with van der Waals surface area (Å²) in [6.07, 6.45) is 5.82. The highest BCUT2D eigenvalue weighted by atomic mass is 79.9. The highest BCUT2D eigenvalue weighted by Gasteiger charge is 2.14. The van der Waals surface area contributed by atoms with Crippen molar-refractivity contribution in [3.63, 3.8) is 0 Å². The van der Waals surface area contributed by atoms with Crippen LogP contribution in [-0.4, -0.2) is 21.8 Å².